The molecule has 0 bridgehead atoms. The smallest absolute Gasteiger partial charge is 0.261 e. The lowest BCUT2D eigenvalue weighted by Crippen LogP contribution is -2.18. The van der Waals surface area contributed by atoms with Gasteiger partial charge in [0.25, 0.3) is 5.91 Å². The van der Waals surface area contributed by atoms with Crippen molar-refractivity contribution in [2.24, 2.45) is 0 Å². The van der Waals surface area contributed by atoms with Crippen LogP contribution in [0.25, 0.3) is 28.4 Å². The highest BCUT2D eigenvalue weighted by Crippen LogP contribution is 2.28. The molecule has 9 heteroatoms. The molecule has 0 radical (unpaired) electrons. The average Bonchev–Trinajstić information content (AvgIpc) is 3.63. The van der Waals surface area contributed by atoms with Crippen molar-refractivity contribution in [3.63, 3.8) is 0 Å². The van der Waals surface area contributed by atoms with Gasteiger partial charge in [0.05, 0.1) is 17.8 Å². The van der Waals surface area contributed by atoms with Crippen molar-refractivity contribution in [2.45, 2.75) is 13.5 Å². The molecule has 3 aromatic heterocycles. The van der Waals surface area contributed by atoms with Crippen LogP contribution in [-0.4, -0.2) is 26.6 Å². The van der Waals surface area contributed by atoms with E-state index in [1.165, 1.54) is 18.3 Å². The Morgan fingerprint density at radius 1 is 1.00 bits per heavy atom. The SMILES string of the molecule is CC(=O)NCc1ccc(-c2csc(NC(=O)c3cn(-c4ccccc4)nc3-c3ccccc3)n2)o1. The molecule has 0 atom stereocenters. The maximum absolute atomic E-state index is 13.3. The van der Waals surface area contributed by atoms with Crippen LogP contribution in [0, 0.1) is 0 Å². The number of hydrogen-bond donors (Lipinski definition) is 2. The molecule has 2 aromatic carbocycles. The van der Waals surface area contributed by atoms with Gasteiger partial charge < -0.3 is 9.73 Å². The van der Waals surface area contributed by atoms with Gasteiger partial charge in [0.2, 0.25) is 5.91 Å². The lowest BCUT2D eigenvalue weighted by Gasteiger charge is -2.02. The minimum Gasteiger partial charge on any atom is -0.458 e. The normalized spacial score (nSPS) is 10.8. The molecule has 5 aromatic rings. The number of thiazole rings is 1. The van der Waals surface area contributed by atoms with Crippen LogP contribution in [0.3, 0.4) is 0 Å². The van der Waals surface area contributed by atoms with Gasteiger partial charge in [-0.1, -0.05) is 48.5 Å². The van der Waals surface area contributed by atoms with Crippen LogP contribution in [0.15, 0.2) is 88.8 Å². The van der Waals surface area contributed by atoms with Gasteiger partial charge in [-0.3, -0.25) is 14.9 Å². The van der Waals surface area contributed by atoms with Crippen molar-refractivity contribution in [3.8, 4) is 28.4 Å². The van der Waals surface area contributed by atoms with Crippen LogP contribution in [0.1, 0.15) is 23.0 Å². The van der Waals surface area contributed by atoms with E-state index in [0.717, 1.165) is 11.3 Å². The zero-order valence-electron chi connectivity index (χ0n) is 18.8. The molecule has 2 N–H and O–H groups in total. The first-order chi connectivity index (χ1) is 17.1. The fourth-order valence-corrected chi connectivity index (χ4v) is 4.19. The van der Waals surface area contributed by atoms with E-state index in [1.54, 1.807) is 23.0 Å². The Morgan fingerprint density at radius 3 is 2.49 bits per heavy atom. The highest BCUT2D eigenvalue weighted by Gasteiger charge is 2.20. The molecule has 0 spiro atoms. The number of hydrogen-bond acceptors (Lipinski definition) is 6. The Hall–Kier alpha value is -4.50. The van der Waals surface area contributed by atoms with Crippen molar-refractivity contribution in [1.29, 1.82) is 0 Å². The third-order valence-corrected chi connectivity index (χ3v) is 5.93. The van der Waals surface area contributed by atoms with Crippen LogP contribution >= 0.6 is 11.3 Å². The number of anilines is 1. The van der Waals surface area contributed by atoms with E-state index in [4.69, 9.17) is 9.52 Å². The summed E-state index contributed by atoms with van der Waals surface area (Å²) in [6.45, 7) is 1.75. The highest BCUT2D eigenvalue weighted by atomic mass is 32.1. The summed E-state index contributed by atoms with van der Waals surface area (Å²) in [5, 5.41) is 12.5. The lowest BCUT2D eigenvalue weighted by molar-refractivity contribution is -0.119. The summed E-state index contributed by atoms with van der Waals surface area (Å²) in [4.78, 5) is 28.9. The van der Waals surface area contributed by atoms with Gasteiger partial charge in [-0.05, 0) is 24.3 Å². The average molecular weight is 484 g/mol. The Bertz CT molecular complexity index is 1470. The van der Waals surface area contributed by atoms with Crippen molar-refractivity contribution in [1.82, 2.24) is 20.1 Å². The van der Waals surface area contributed by atoms with Crippen LogP contribution in [0.4, 0.5) is 5.13 Å². The molecule has 0 unspecified atom stereocenters. The van der Waals surface area contributed by atoms with Gasteiger partial charge in [-0.15, -0.1) is 11.3 Å². The third kappa shape index (κ3) is 5.04. The summed E-state index contributed by atoms with van der Waals surface area (Å²) < 4.78 is 7.45. The second kappa shape index (κ2) is 9.78. The number of amides is 2. The summed E-state index contributed by atoms with van der Waals surface area (Å²) in [5.41, 5.74) is 3.31. The van der Waals surface area contributed by atoms with E-state index in [0.29, 0.717) is 40.1 Å². The maximum Gasteiger partial charge on any atom is 0.261 e. The molecule has 0 saturated carbocycles. The first kappa shape index (κ1) is 22.3. The van der Waals surface area contributed by atoms with Crippen molar-refractivity contribution >= 4 is 28.3 Å². The number of nitrogens with zero attached hydrogens (tertiary/aromatic N) is 3. The number of aromatic nitrogens is 3. The van der Waals surface area contributed by atoms with E-state index >= 15 is 0 Å². The van der Waals surface area contributed by atoms with Crippen LogP contribution in [-0.2, 0) is 11.3 Å². The number of nitrogens with one attached hydrogen (secondary N) is 2. The Kier molecular flexibility index (Phi) is 6.23. The summed E-state index contributed by atoms with van der Waals surface area (Å²) in [6, 6.07) is 22.8. The molecule has 2 amide bonds. The van der Waals surface area contributed by atoms with Crippen molar-refractivity contribution < 1.29 is 14.0 Å². The molecule has 0 saturated heterocycles. The van der Waals surface area contributed by atoms with Crippen LogP contribution < -0.4 is 10.6 Å². The van der Waals surface area contributed by atoms with Crippen molar-refractivity contribution in [3.05, 3.63) is 95.7 Å². The summed E-state index contributed by atoms with van der Waals surface area (Å²) in [7, 11) is 0. The zero-order chi connectivity index (χ0) is 24.2. The Morgan fingerprint density at radius 2 is 1.74 bits per heavy atom. The van der Waals surface area contributed by atoms with Crippen molar-refractivity contribution in [2.75, 3.05) is 5.32 Å². The van der Waals surface area contributed by atoms with Gasteiger partial charge in [0.1, 0.15) is 17.1 Å². The monoisotopic (exact) mass is 483 g/mol. The van der Waals surface area contributed by atoms with E-state index in [-0.39, 0.29) is 11.8 Å². The molecule has 0 aliphatic rings. The Balaban J connectivity index is 1.39. The zero-order valence-corrected chi connectivity index (χ0v) is 19.6. The summed E-state index contributed by atoms with van der Waals surface area (Å²) >= 11 is 1.30. The lowest BCUT2D eigenvalue weighted by atomic mass is 10.1. The fourth-order valence-electron chi connectivity index (χ4n) is 3.49. The second-order valence-electron chi connectivity index (χ2n) is 7.71. The summed E-state index contributed by atoms with van der Waals surface area (Å²) in [5.74, 6) is 0.739. The largest absolute Gasteiger partial charge is 0.458 e. The fraction of sp³-hybridized carbons (Fsp3) is 0.0769. The number of rotatable bonds is 7. The van der Waals surface area contributed by atoms with Gasteiger partial charge >= 0.3 is 0 Å². The highest BCUT2D eigenvalue weighted by molar-refractivity contribution is 7.14. The van der Waals surface area contributed by atoms with E-state index in [1.807, 2.05) is 66.0 Å². The molecule has 5 rings (SSSR count). The minimum atomic E-state index is -0.308. The third-order valence-electron chi connectivity index (χ3n) is 5.18. The van der Waals surface area contributed by atoms with Gasteiger partial charge in [0, 0.05) is 24.1 Å². The molecule has 0 aliphatic heterocycles. The predicted molar refractivity (Wildman–Crippen MR) is 134 cm³/mol. The molecule has 0 fully saturated rings. The molecular weight excluding hydrogens is 462 g/mol. The standard InChI is InChI=1S/C26H21N5O3S/c1-17(32)27-14-20-12-13-23(34-20)22-16-35-26(28-22)29-25(33)21-15-31(19-10-6-3-7-11-19)30-24(21)18-8-4-2-5-9-18/h2-13,15-16H,14H2,1H3,(H,27,32)(H,28,29,33). The topological polar surface area (TPSA) is 102 Å². The van der Waals surface area contributed by atoms with Gasteiger partial charge in [0.15, 0.2) is 10.9 Å². The number of carbonyl (C=O) groups excluding carboxylic acids is 2. The van der Waals surface area contributed by atoms with Gasteiger partial charge in [-0.2, -0.15) is 5.10 Å². The number of furan rings is 1. The number of para-hydroxylation sites is 1. The van der Waals surface area contributed by atoms with Crippen LogP contribution in [0.5, 0.6) is 0 Å². The molecule has 174 valence electrons. The minimum absolute atomic E-state index is 0.132. The molecule has 3 heterocycles. The second-order valence-corrected chi connectivity index (χ2v) is 8.56. The molecule has 0 aliphatic carbocycles. The van der Waals surface area contributed by atoms with E-state index < -0.39 is 0 Å². The molecule has 8 nitrogen and oxygen atoms in total. The van der Waals surface area contributed by atoms with Gasteiger partial charge in [-0.25, -0.2) is 9.67 Å². The van der Waals surface area contributed by atoms with Crippen LogP contribution in [0.2, 0.25) is 0 Å². The number of carbonyl (C=O) groups is 2. The molecular formula is C26H21N5O3S. The quantitative estimate of drug-likeness (QED) is 0.334. The number of benzene rings is 2. The van der Waals surface area contributed by atoms with E-state index in [9.17, 15) is 9.59 Å². The molecule has 35 heavy (non-hydrogen) atoms. The first-order valence-electron chi connectivity index (χ1n) is 10.9. The maximum atomic E-state index is 13.3. The van der Waals surface area contributed by atoms with E-state index in [2.05, 4.69) is 15.6 Å². The predicted octanol–water partition coefficient (Wildman–Crippen LogP) is 5.14. The summed E-state index contributed by atoms with van der Waals surface area (Å²) in [6.07, 6.45) is 1.72. The first-order valence-corrected chi connectivity index (χ1v) is 11.8. The Labute approximate surface area is 205 Å².